The van der Waals surface area contributed by atoms with Gasteiger partial charge in [0, 0.05) is 16.1 Å². The fraction of sp³-hybridized carbons (Fsp3) is 0.118. The number of amidine groups is 1. The summed E-state index contributed by atoms with van der Waals surface area (Å²) in [6.07, 6.45) is 0. The summed E-state index contributed by atoms with van der Waals surface area (Å²) in [4.78, 5) is 28.0. The van der Waals surface area contributed by atoms with Crippen LogP contribution < -0.4 is 10.6 Å². The molecule has 0 unspecified atom stereocenters. The number of hydrogen-bond acceptors (Lipinski definition) is 3. The quantitative estimate of drug-likeness (QED) is 0.779. The molecule has 25 heavy (non-hydrogen) atoms. The molecular weight excluding hydrogens is 385 g/mol. The zero-order valence-electron chi connectivity index (χ0n) is 12.7. The van der Waals surface area contributed by atoms with Crippen molar-refractivity contribution in [2.45, 2.75) is 10.5 Å². The van der Waals surface area contributed by atoms with E-state index in [-0.39, 0.29) is 5.84 Å². The van der Waals surface area contributed by atoms with Crippen molar-refractivity contribution in [3.8, 4) is 0 Å². The Kier molecular flexibility index (Phi) is 4.99. The van der Waals surface area contributed by atoms with Gasteiger partial charge in [0.1, 0.15) is 5.84 Å². The van der Waals surface area contributed by atoms with E-state index in [4.69, 9.17) is 34.8 Å². The molecule has 1 heterocycles. The number of amides is 2. The fourth-order valence-corrected chi connectivity index (χ4v) is 2.86. The highest BCUT2D eigenvalue weighted by molar-refractivity contribution is 6.47. The molecule has 0 spiro atoms. The third-order valence-corrected chi connectivity index (χ3v) is 4.52. The smallest absolute Gasteiger partial charge is 0.277 e. The number of aliphatic imine (C=N–C) groups is 1. The zero-order valence-corrected chi connectivity index (χ0v) is 14.9. The van der Waals surface area contributed by atoms with E-state index in [2.05, 4.69) is 15.6 Å². The number of hydrogen-bond donors (Lipinski definition) is 2. The third kappa shape index (κ3) is 3.49. The van der Waals surface area contributed by atoms with E-state index in [0.717, 1.165) is 0 Å². The van der Waals surface area contributed by atoms with E-state index in [0.29, 0.717) is 16.1 Å². The second kappa shape index (κ2) is 7.04. The molecule has 8 heteroatoms. The van der Waals surface area contributed by atoms with Crippen LogP contribution in [-0.2, 0) is 4.79 Å². The first kappa shape index (κ1) is 17.7. The topological polar surface area (TPSA) is 70.6 Å². The number of carbonyl (C=O) groups excluding carboxylic acids is 2. The van der Waals surface area contributed by atoms with Crippen molar-refractivity contribution in [2.75, 3.05) is 0 Å². The number of nitrogens with one attached hydrogen (secondary N) is 2. The molecule has 1 aliphatic rings. The van der Waals surface area contributed by atoms with Gasteiger partial charge in [-0.3, -0.25) is 9.59 Å². The first-order valence-electron chi connectivity index (χ1n) is 7.25. The lowest BCUT2D eigenvalue weighted by Gasteiger charge is -2.25. The molecule has 2 aromatic carbocycles. The van der Waals surface area contributed by atoms with E-state index in [1.54, 1.807) is 36.4 Å². The van der Waals surface area contributed by atoms with Crippen LogP contribution in [0.3, 0.4) is 0 Å². The van der Waals surface area contributed by atoms with Crippen molar-refractivity contribution >= 4 is 52.5 Å². The van der Waals surface area contributed by atoms with Gasteiger partial charge < -0.3 is 10.6 Å². The van der Waals surface area contributed by atoms with Gasteiger partial charge >= 0.3 is 0 Å². The summed E-state index contributed by atoms with van der Waals surface area (Å²) in [7, 11) is 0. The van der Waals surface area contributed by atoms with E-state index in [1.165, 1.54) is 12.1 Å². The van der Waals surface area contributed by atoms with Crippen LogP contribution in [0.25, 0.3) is 0 Å². The fourth-order valence-electron chi connectivity index (χ4n) is 2.32. The number of nitrogens with zero attached hydrogens (tertiary/aromatic N) is 1. The maximum absolute atomic E-state index is 12.5. The van der Waals surface area contributed by atoms with Crippen molar-refractivity contribution in [3.63, 3.8) is 0 Å². The summed E-state index contributed by atoms with van der Waals surface area (Å²) in [6.45, 7) is 0. The summed E-state index contributed by atoms with van der Waals surface area (Å²) < 4.78 is 0. The Morgan fingerprint density at radius 2 is 1.72 bits per heavy atom. The molecule has 5 nitrogen and oxygen atoms in total. The molecule has 3 rings (SSSR count). The van der Waals surface area contributed by atoms with Crippen LogP contribution >= 0.6 is 34.8 Å². The summed E-state index contributed by atoms with van der Waals surface area (Å²) in [6, 6.07) is 15.2. The first-order chi connectivity index (χ1) is 11.9. The molecule has 0 saturated heterocycles. The predicted octanol–water partition coefficient (Wildman–Crippen LogP) is 3.15. The van der Waals surface area contributed by atoms with E-state index >= 15 is 0 Å². The van der Waals surface area contributed by atoms with Crippen molar-refractivity contribution in [1.82, 2.24) is 10.6 Å². The third-order valence-electron chi connectivity index (χ3n) is 3.64. The van der Waals surface area contributed by atoms with Crippen molar-refractivity contribution < 1.29 is 9.59 Å². The highest BCUT2D eigenvalue weighted by atomic mass is 35.5. The second-order valence-electron chi connectivity index (χ2n) is 5.31. The Balaban J connectivity index is 1.94. The van der Waals surface area contributed by atoms with Crippen molar-refractivity contribution in [2.24, 2.45) is 4.99 Å². The maximum atomic E-state index is 12.5. The van der Waals surface area contributed by atoms with Crippen LogP contribution in [0.4, 0.5) is 0 Å². The van der Waals surface area contributed by atoms with E-state index < -0.39 is 22.3 Å². The summed E-state index contributed by atoms with van der Waals surface area (Å²) in [5.41, 5.74) is -0.841. The Hall–Kier alpha value is -2.08. The minimum atomic E-state index is -1.81. The lowest BCUT2D eigenvalue weighted by molar-refractivity contribution is -0.124. The van der Waals surface area contributed by atoms with Crippen LogP contribution in [-0.4, -0.2) is 28.1 Å². The summed E-state index contributed by atoms with van der Waals surface area (Å²) in [5.74, 6) is -0.867. The summed E-state index contributed by atoms with van der Waals surface area (Å²) >= 11 is 17.8. The molecule has 2 aromatic rings. The van der Waals surface area contributed by atoms with Crippen molar-refractivity contribution in [3.05, 3.63) is 70.7 Å². The second-order valence-corrected chi connectivity index (χ2v) is 6.84. The Bertz CT molecular complexity index is 838. The van der Waals surface area contributed by atoms with Gasteiger partial charge in [0.2, 0.25) is 5.66 Å². The lowest BCUT2D eigenvalue weighted by atomic mass is 10.1. The average Bonchev–Trinajstić information content (AvgIpc) is 2.94. The number of halogens is 3. The van der Waals surface area contributed by atoms with Gasteiger partial charge in [-0.15, -0.1) is 0 Å². The Morgan fingerprint density at radius 3 is 2.32 bits per heavy atom. The van der Waals surface area contributed by atoms with Crippen molar-refractivity contribution in [1.29, 1.82) is 0 Å². The zero-order chi connectivity index (χ0) is 18.0. The van der Waals surface area contributed by atoms with Crippen LogP contribution in [0.2, 0.25) is 5.02 Å². The average molecular weight is 397 g/mol. The molecule has 2 N–H and O–H groups in total. The molecule has 0 aromatic heterocycles. The molecule has 0 aliphatic carbocycles. The largest absolute Gasteiger partial charge is 0.318 e. The van der Waals surface area contributed by atoms with Gasteiger partial charge in [-0.2, -0.15) is 0 Å². The number of carbonyl (C=O) groups is 2. The molecule has 0 radical (unpaired) electrons. The van der Waals surface area contributed by atoms with Gasteiger partial charge in [-0.25, -0.2) is 4.99 Å². The SMILES string of the molecule is O=C(N[C@]1(C(Cl)Cl)N=C(c2ccccc2)NC1=O)c1ccc(Cl)cc1. The number of benzene rings is 2. The van der Waals surface area contributed by atoms with Crippen LogP contribution in [0.5, 0.6) is 0 Å². The first-order valence-corrected chi connectivity index (χ1v) is 8.50. The highest BCUT2D eigenvalue weighted by Crippen LogP contribution is 2.28. The van der Waals surface area contributed by atoms with Gasteiger partial charge in [0.15, 0.2) is 4.84 Å². The van der Waals surface area contributed by atoms with Gasteiger partial charge in [-0.05, 0) is 24.3 Å². The van der Waals surface area contributed by atoms with Crippen LogP contribution in [0.15, 0.2) is 59.6 Å². The number of alkyl halides is 2. The Morgan fingerprint density at radius 1 is 1.08 bits per heavy atom. The van der Waals surface area contributed by atoms with Gasteiger partial charge in [-0.1, -0.05) is 65.1 Å². The van der Waals surface area contributed by atoms with E-state index in [9.17, 15) is 9.59 Å². The monoisotopic (exact) mass is 395 g/mol. The minimum absolute atomic E-state index is 0.285. The molecule has 2 amide bonds. The molecule has 0 saturated carbocycles. The van der Waals surface area contributed by atoms with Gasteiger partial charge in [0.25, 0.3) is 11.8 Å². The highest BCUT2D eigenvalue weighted by Gasteiger charge is 2.50. The Labute approximate surface area is 159 Å². The minimum Gasteiger partial charge on any atom is -0.318 e. The predicted molar refractivity (Wildman–Crippen MR) is 98.3 cm³/mol. The molecule has 128 valence electrons. The molecule has 0 bridgehead atoms. The molecular formula is C17H12Cl3N3O2. The van der Waals surface area contributed by atoms with Gasteiger partial charge in [0.05, 0.1) is 0 Å². The normalized spacial score (nSPS) is 19.5. The molecule has 1 aliphatic heterocycles. The van der Waals surface area contributed by atoms with Crippen LogP contribution in [0.1, 0.15) is 15.9 Å². The molecule has 0 fully saturated rings. The molecule has 1 atom stereocenters. The van der Waals surface area contributed by atoms with E-state index in [1.807, 2.05) is 6.07 Å². The number of rotatable bonds is 4. The standard InChI is InChI=1S/C17H12Cl3N3O2/c18-12-8-6-11(7-9-12)14(24)23-17(15(19)20)16(25)21-13(22-17)10-4-2-1-3-5-10/h1-9,15H,(H,23,24)(H,21,22,25)/t17-/m0/s1. The lowest BCUT2D eigenvalue weighted by Crippen LogP contribution is -2.58. The van der Waals surface area contributed by atoms with Crippen LogP contribution in [0, 0.1) is 0 Å². The summed E-state index contributed by atoms with van der Waals surface area (Å²) in [5, 5.41) is 5.63. The maximum Gasteiger partial charge on any atom is 0.277 e.